The summed E-state index contributed by atoms with van der Waals surface area (Å²) in [6.07, 6.45) is 4.13. The Labute approximate surface area is 173 Å². The molecule has 0 unspecified atom stereocenters. The van der Waals surface area contributed by atoms with E-state index in [1.54, 1.807) is 11.8 Å². The van der Waals surface area contributed by atoms with Crippen LogP contribution in [0.25, 0.3) is 16.9 Å². The zero-order valence-electron chi connectivity index (χ0n) is 16.3. The molecule has 0 saturated heterocycles. The van der Waals surface area contributed by atoms with Crippen LogP contribution in [-0.2, 0) is 0 Å². The van der Waals surface area contributed by atoms with Crippen LogP contribution in [0, 0.1) is 6.92 Å². The van der Waals surface area contributed by atoms with Gasteiger partial charge in [-0.15, -0.1) is 11.8 Å². The molecule has 1 aliphatic rings. The number of imidazole rings is 1. The molecule has 0 saturated carbocycles. The zero-order chi connectivity index (χ0) is 19.8. The van der Waals surface area contributed by atoms with Gasteiger partial charge in [0.15, 0.2) is 11.5 Å². The Kier molecular flexibility index (Phi) is 4.56. The van der Waals surface area contributed by atoms with E-state index in [1.807, 2.05) is 18.2 Å². The van der Waals surface area contributed by atoms with Gasteiger partial charge in [-0.3, -0.25) is 4.40 Å². The lowest BCUT2D eigenvalue weighted by molar-refractivity contribution is 0.171. The SMILES string of the molecule is CSc1ccc(-c2nc3cc(C)ccn3c2Nc2ccc3c(c2)OCCO3)cc1. The Balaban J connectivity index is 1.61. The van der Waals surface area contributed by atoms with Crippen molar-refractivity contribution in [3.05, 3.63) is 66.4 Å². The molecule has 0 spiro atoms. The Morgan fingerprint density at radius 2 is 1.76 bits per heavy atom. The van der Waals surface area contributed by atoms with Crippen molar-refractivity contribution in [3.8, 4) is 22.8 Å². The minimum Gasteiger partial charge on any atom is -0.486 e. The highest BCUT2D eigenvalue weighted by molar-refractivity contribution is 7.98. The van der Waals surface area contributed by atoms with E-state index in [-0.39, 0.29) is 0 Å². The van der Waals surface area contributed by atoms with Crippen LogP contribution in [0.15, 0.2) is 65.7 Å². The van der Waals surface area contributed by atoms with Gasteiger partial charge in [0.2, 0.25) is 0 Å². The summed E-state index contributed by atoms with van der Waals surface area (Å²) in [7, 11) is 0. The van der Waals surface area contributed by atoms with Gasteiger partial charge in [0.05, 0.1) is 0 Å². The number of benzene rings is 2. The maximum Gasteiger partial charge on any atom is 0.163 e. The van der Waals surface area contributed by atoms with Gasteiger partial charge in [-0.25, -0.2) is 4.98 Å². The third-order valence-corrected chi connectivity index (χ3v) is 5.69. The number of fused-ring (bicyclic) bond motifs is 2. The highest BCUT2D eigenvalue weighted by atomic mass is 32.2. The Morgan fingerprint density at radius 3 is 2.55 bits per heavy atom. The number of hydrogen-bond donors (Lipinski definition) is 1. The Bertz CT molecular complexity index is 1180. The van der Waals surface area contributed by atoms with E-state index in [0.717, 1.165) is 39.9 Å². The molecule has 5 rings (SSSR count). The summed E-state index contributed by atoms with van der Waals surface area (Å²) in [6, 6.07) is 18.6. The molecule has 3 heterocycles. The molecule has 5 nitrogen and oxygen atoms in total. The van der Waals surface area contributed by atoms with Gasteiger partial charge in [0, 0.05) is 28.4 Å². The van der Waals surface area contributed by atoms with Gasteiger partial charge < -0.3 is 14.8 Å². The molecule has 0 atom stereocenters. The van der Waals surface area contributed by atoms with Gasteiger partial charge >= 0.3 is 0 Å². The fourth-order valence-electron chi connectivity index (χ4n) is 3.47. The molecule has 2 aromatic heterocycles. The van der Waals surface area contributed by atoms with E-state index in [1.165, 1.54) is 10.5 Å². The molecule has 0 radical (unpaired) electrons. The van der Waals surface area contributed by atoms with Gasteiger partial charge in [0.1, 0.15) is 30.4 Å². The molecular weight excluding hydrogens is 382 g/mol. The molecule has 4 aromatic rings. The summed E-state index contributed by atoms with van der Waals surface area (Å²) >= 11 is 1.73. The van der Waals surface area contributed by atoms with E-state index >= 15 is 0 Å². The summed E-state index contributed by atoms with van der Waals surface area (Å²) in [5, 5.41) is 3.55. The van der Waals surface area contributed by atoms with Crippen molar-refractivity contribution >= 4 is 28.9 Å². The molecule has 29 heavy (non-hydrogen) atoms. The van der Waals surface area contributed by atoms with Gasteiger partial charge in [-0.1, -0.05) is 12.1 Å². The van der Waals surface area contributed by atoms with Crippen molar-refractivity contribution in [2.45, 2.75) is 11.8 Å². The first-order chi connectivity index (χ1) is 14.2. The number of rotatable bonds is 4. The van der Waals surface area contributed by atoms with Crippen LogP contribution < -0.4 is 14.8 Å². The van der Waals surface area contributed by atoms with Crippen LogP contribution in [0.5, 0.6) is 11.5 Å². The number of ether oxygens (including phenoxy) is 2. The number of hydrogen-bond acceptors (Lipinski definition) is 5. The van der Waals surface area contributed by atoms with Crippen molar-refractivity contribution in [3.63, 3.8) is 0 Å². The second kappa shape index (κ2) is 7.37. The van der Waals surface area contributed by atoms with Crippen LogP contribution in [-0.4, -0.2) is 28.9 Å². The van der Waals surface area contributed by atoms with E-state index in [9.17, 15) is 0 Å². The number of nitrogens with one attached hydrogen (secondary N) is 1. The van der Waals surface area contributed by atoms with Crippen LogP contribution in [0.1, 0.15) is 5.56 Å². The second-order valence-electron chi connectivity index (χ2n) is 6.95. The summed E-state index contributed by atoms with van der Waals surface area (Å²) in [4.78, 5) is 6.15. The van der Waals surface area contributed by atoms with Crippen LogP contribution in [0.4, 0.5) is 11.5 Å². The Hall–Kier alpha value is -3.12. The van der Waals surface area contributed by atoms with Crippen LogP contribution in [0.3, 0.4) is 0 Å². The number of pyridine rings is 1. The smallest absolute Gasteiger partial charge is 0.163 e. The largest absolute Gasteiger partial charge is 0.486 e. The highest BCUT2D eigenvalue weighted by Gasteiger charge is 2.17. The predicted molar refractivity (Wildman–Crippen MR) is 118 cm³/mol. The lowest BCUT2D eigenvalue weighted by atomic mass is 10.1. The summed E-state index contributed by atoms with van der Waals surface area (Å²) in [6.45, 7) is 3.23. The summed E-state index contributed by atoms with van der Waals surface area (Å²) in [5.74, 6) is 2.47. The molecule has 0 amide bonds. The van der Waals surface area contributed by atoms with Gasteiger partial charge in [0.25, 0.3) is 0 Å². The number of aryl methyl sites for hydroxylation is 1. The second-order valence-corrected chi connectivity index (χ2v) is 7.83. The fourth-order valence-corrected chi connectivity index (χ4v) is 3.88. The standard InChI is InChI=1S/C23H21N3O2S/c1-15-9-10-26-21(13-15)25-22(16-3-6-18(29-2)7-4-16)23(26)24-17-5-8-19-20(14-17)28-12-11-27-19/h3-10,13-14,24H,11-12H2,1-2H3. The predicted octanol–water partition coefficient (Wildman–Crippen LogP) is 5.55. The molecule has 2 aromatic carbocycles. The highest BCUT2D eigenvalue weighted by Crippen LogP contribution is 2.36. The number of thioether (sulfide) groups is 1. The van der Waals surface area contributed by atoms with Crippen molar-refractivity contribution in [1.29, 1.82) is 0 Å². The summed E-state index contributed by atoms with van der Waals surface area (Å²) in [5.41, 5.74) is 5.01. The van der Waals surface area contributed by atoms with Crippen molar-refractivity contribution in [1.82, 2.24) is 9.38 Å². The first-order valence-electron chi connectivity index (χ1n) is 9.51. The normalized spacial score (nSPS) is 12.9. The van der Waals surface area contributed by atoms with E-state index < -0.39 is 0 Å². The maximum absolute atomic E-state index is 5.74. The van der Waals surface area contributed by atoms with Gasteiger partial charge in [-0.2, -0.15) is 0 Å². The Morgan fingerprint density at radius 1 is 0.966 bits per heavy atom. The maximum atomic E-state index is 5.74. The third kappa shape index (κ3) is 3.40. The van der Waals surface area contributed by atoms with Crippen molar-refractivity contribution in [2.24, 2.45) is 0 Å². The minimum atomic E-state index is 0.568. The average molecular weight is 404 g/mol. The molecule has 1 aliphatic heterocycles. The number of anilines is 2. The fraction of sp³-hybridized carbons (Fsp3) is 0.174. The molecule has 6 heteroatoms. The van der Waals surface area contributed by atoms with E-state index in [0.29, 0.717) is 13.2 Å². The molecule has 1 N–H and O–H groups in total. The minimum absolute atomic E-state index is 0.568. The summed E-state index contributed by atoms with van der Waals surface area (Å²) < 4.78 is 13.5. The molecular formula is C23H21N3O2S. The van der Waals surface area contributed by atoms with Crippen molar-refractivity contribution in [2.75, 3.05) is 24.8 Å². The van der Waals surface area contributed by atoms with E-state index in [2.05, 4.69) is 65.5 Å². The quantitative estimate of drug-likeness (QED) is 0.453. The molecule has 0 aliphatic carbocycles. The third-order valence-electron chi connectivity index (χ3n) is 4.95. The first kappa shape index (κ1) is 17.9. The zero-order valence-corrected chi connectivity index (χ0v) is 17.1. The first-order valence-corrected chi connectivity index (χ1v) is 10.7. The number of aromatic nitrogens is 2. The molecule has 0 fully saturated rings. The topological polar surface area (TPSA) is 47.8 Å². The molecule has 0 bridgehead atoms. The lowest BCUT2D eigenvalue weighted by Crippen LogP contribution is -2.15. The van der Waals surface area contributed by atoms with Gasteiger partial charge in [-0.05, 0) is 55.1 Å². The van der Waals surface area contributed by atoms with E-state index in [4.69, 9.17) is 14.5 Å². The van der Waals surface area contributed by atoms with Crippen molar-refractivity contribution < 1.29 is 9.47 Å². The van der Waals surface area contributed by atoms with Crippen LogP contribution >= 0.6 is 11.8 Å². The van der Waals surface area contributed by atoms with Crippen LogP contribution in [0.2, 0.25) is 0 Å². The monoisotopic (exact) mass is 403 g/mol. The lowest BCUT2D eigenvalue weighted by Gasteiger charge is -2.19. The molecule has 146 valence electrons. The average Bonchev–Trinajstić information content (AvgIpc) is 3.11. The number of nitrogens with zero attached hydrogens (tertiary/aromatic N) is 2.